The van der Waals surface area contributed by atoms with E-state index in [2.05, 4.69) is 22.0 Å². The van der Waals surface area contributed by atoms with Gasteiger partial charge in [-0.1, -0.05) is 12.1 Å². The maximum absolute atomic E-state index is 11.7. The lowest BCUT2D eigenvalue weighted by molar-refractivity contribution is -0.119. The van der Waals surface area contributed by atoms with Crippen LogP contribution in [-0.4, -0.2) is 47.1 Å². The van der Waals surface area contributed by atoms with Crippen molar-refractivity contribution in [3.8, 4) is 0 Å². The van der Waals surface area contributed by atoms with E-state index in [1.54, 1.807) is 0 Å². The van der Waals surface area contributed by atoms with E-state index in [1.165, 1.54) is 0 Å². The highest BCUT2D eigenvalue weighted by Gasteiger charge is 2.31. The van der Waals surface area contributed by atoms with Crippen LogP contribution in [0.15, 0.2) is 4.52 Å². The van der Waals surface area contributed by atoms with Gasteiger partial charge in [-0.05, 0) is 19.4 Å². The van der Waals surface area contributed by atoms with Gasteiger partial charge in [-0.25, -0.2) is 0 Å². The zero-order valence-electron chi connectivity index (χ0n) is 11.2. The van der Waals surface area contributed by atoms with Crippen molar-refractivity contribution in [2.75, 3.05) is 26.2 Å². The van der Waals surface area contributed by atoms with Crippen LogP contribution < -0.4 is 0 Å². The number of carbonyl (C=O) groups is 1. The largest absolute Gasteiger partial charge is 0.367 e. The Bertz CT molecular complexity index is 456. The molecule has 6 heteroatoms. The third-order valence-corrected chi connectivity index (χ3v) is 3.73. The van der Waals surface area contributed by atoms with Gasteiger partial charge in [0.2, 0.25) is 11.7 Å². The quantitative estimate of drug-likeness (QED) is 0.790. The Labute approximate surface area is 112 Å². The number of nitrogens with zero attached hydrogens (tertiary/aromatic N) is 3. The minimum absolute atomic E-state index is 0.137. The van der Waals surface area contributed by atoms with E-state index in [0.717, 1.165) is 32.5 Å². The average molecular weight is 265 g/mol. The standard InChI is InChI=1S/C13H19N3O3/c1-2-16-5-6-18-11(8-16)13-14-12(19-15-13)7-10(17)9-3-4-9/h9,11H,2-8H2,1H3. The summed E-state index contributed by atoms with van der Waals surface area (Å²) in [5, 5.41) is 3.95. The van der Waals surface area contributed by atoms with Gasteiger partial charge in [-0.3, -0.25) is 9.69 Å². The second kappa shape index (κ2) is 5.38. The number of ketones is 1. The van der Waals surface area contributed by atoms with Crippen molar-refractivity contribution in [1.82, 2.24) is 15.0 Å². The van der Waals surface area contributed by atoms with Crippen molar-refractivity contribution in [3.63, 3.8) is 0 Å². The Morgan fingerprint density at radius 1 is 1.47 bits per heavy atom. The van der Waals surface area contributed by atoms with Crippen LogP contribution in [0, 0.1) is 5.92 Å². The van der Waals surface area contributed by atoms with Gasteiger partial charge in [0, 0.05) is 19.0 Å². The number of ether oxygens (including phenoxy) is 1. The summed E-state index contributed by atoms with van der Waals surface area (Å²) in [7, 11) is 0. The molecule has 1 saturated carbocycles. The molecule has 0 spiro atoms. The second-order valence-electron chi connectivity index (χ2n) is 5.22. The molecule has 0 amide bonds. The molecule has 2 fully saturated rings. The van der Waals surface area contributed by atoms with Crippen LogP contribution in [0.25, 0.3) is 0 Å². The van der Waals surface area contributed by atoms with E-state index >= 15 is 0 Å². The van der Waals surface area contributed by atoms with Crippen LogP contribution in [-0.2, 0) is 16.0 Å². The number of morpholine rings is 1. The number of Topliss-reactive ketones (excluding diaryl/α,β-unsaturated/α-hetero) is 1. The van der Waals surface area contributed by atoms with Gasteiger partial charge < -0.3 is 9.26 Å². The zero-order chi connectivity index (χ0) is 13.2. The van der Waals surface area contributed by atoms with Crippen LogP contribution in [0.4, 0.5) is 0 Å². The summed E-state index contributed by atoms with van der Waals surface area (Å²) in [5.41, 5.74) is 0. The highest BCUT2D eigenvalue weighted by molar-refractivity contribution is 5.84. The summed E-state index contributed by atoms with van der Waals surface area (Å²) in [6.07, 6.45) is 2.15. The number of hydrogen-bond acceptors (Lipinski definition) is 6. The summed E-state index contributed by atoms with van der Waals surface area (Å²) in [6, 6.07) is 0. The van der Waals surface area contributed by atoms with Gasteiger partial charge in [0.1, 0.15) is 11.9 Å². The molecule has 104 valence electrons. The van der Waals surface area contributed by atoms with E-state index in [1.807, 2.05) is 0 Å². The Balaban J connectivity index is 1.61. The maximum Gasteiger partial charge on any atom is 0.234 e. The fraction of sp³-hybridized carbons (Fsp3) is 0.769. The molecule has 2 aliphatic rings. The zero-order valence-corrected chi connectivity index (χ0v) is 11.2. The Morgan fingerprint density at radius 3 is 3.05 bits per heavy atom. The third kappa shape index (κ3) is 3.01. The molecule has 2 heterocycles. The fourth-order valence-corrected chi connectivity index (χ4v) is 2.32. The molecular formula is C13H19N3O3. The number of carbonyl (C=O) groups excluding carboxylic acids is 1. The normalized spacial score (nSPS) is 24.6. The Morgan fingerprint density at radius 2 is 2.32 bits per heavy atom. The molecule has 0 radical (unpaired) electrons. The second-order valence-corrected chi connectivity index (χ2v) is 5.22. The molecule has 1 atom stereocenters. The minimum atomic E-state index is -0.137. The lowest BCUT2D eigenvalue weighted by atomic mass is 10.2. The van der Waals surface area contributed by atoms with E-state index in [9.17, 15) is 4.79 Å². The summed E-state index contributed by atoms with van der Waals surface area (Å²) in [6.45, 7) is 5.52. The molecule has 0 aromatic carbocycles. The molecule has 19 heavy (non-hydrogen) atoms. The predicted molar refractivity (Wildman–Crippen MR) is 66.5 cm³/mol. The van der Waals surface area contributed by atoms with E-state index in [4.69, 9.17) is 9.26 Å². The number of aromatic nitrogens is 2. The van der Waals surface area contributed by atoms with E-state index < -0.39 is 0 Å². The minimum Gasteiger partial charge on any atom is -0.367 e. The summed E-state index contributed by atoms with van der Waals surface area (Å²) in [5.74, 6) is 1.44. The van der Waals surface area contributed by atoms with Gasteiger partial charge >= 0.3 is 0 Å². The maximum atomic E-state index is 11.7. The van der Waals surface area contributed by atoms with Crippen molar-refractivity contribution >= 4 is 5.78 Å². The molecule has 0 bridgehead atoms. The summed E-state index contributed by atoms with van der Waals surface area (Å²) in [4.78, 5) is 18.3. The molecule has 1 aromatic rings. The van der Waals surface area contributed by atoms with Crippen LogP contribution in [0.3, 0.4) is 0 Å². The van der Waals surface area contributed by atoms with Gasteiger partial charge in [0.05, 0.1) is 13.0 Å². The predicted octanol–water partition coefficient (Wildman–Crippen LogP) is 0.984. The highest BCUT2D eigenvalue weighted by atomic mass is 16.5. The van der Waals surface area contributed by atoms with Crippen LogP contribution in [0.2, 0.25) is 0 Å². The van der Waals surface area contributed by atoms with Crippen molar-refractivity contribution in [2.45, 2.75) is 32.3 Å². The van der Waals surface area contributed by atoms with Crippen LogP contribution in [0.1, 0.15) is 37.6 Å². The smallest absolute Gasteiger partial charge is 0.234 e. The Kier molecular flexibility index (Phi) is 3.61. The lowest BCUT2D eigenvalue weighted by Crippen LogP contribution is -2.38. The first-order chi connectivity index (χ1) is 9.26. The van der Waals surface area contributed by atoms with Crippen molar-refractivity contribution < 1.29 is 14.1 Å². The number of rotatable bonds is 5. The van der Waals surface area contributed by atoms with Crippen LogP contribution in [0.5, 0.6) is 0 Å². The first kappa shape index (κ1) is 12.7. The first-order valence-electron chi connectivity index (χ1n) is 6.95. The van der Waals surface area contributed by atoms with Gasteiger partial charge in [0.15, 0.2) is 0 Å². The highest BCUT2D eigenvalue weighted by Crippen LogP contribution is 2.31. The molecule has 1 unspecified atom stereocenters. The molecular weight excluding hydrogens is 246 g/mol. The monoisotopic (exact) mass is 265 g/mol. The molecule has 1 aromatic heterocycles. The molecule has 6 nitrogen and oxygen atoms in total. The lowest BCUT2D eigenvalue weighted by Gasteiger charge is -2.30. The van der Waals surface area contributed by atoms with Gasteiger partial charge in [-0.2, -0.15) is 4.98 Å². The number of likely N-dealkylation sites (N-methyl/N-ethyl adjacent to an activating group) is 1. The first-order valence-corrected chi connectivity index (χ1v) is 6.95. The SMILES string of the molecule is CCN1CCOC(c2noc(CC(=O)C3CC3)n2)C1. The number of hydrogen-bond donors (Lipinski definition) is 0. The molecule has 3 rings (SSSR count). The molecule has 0 N–H and O–H groups in total. The van der Waals surface area contributed by atoms with E-state index in [-0.39, 0.29) is 24.2 Å². The topological polar surface area (TPSA) is 68.5 Å². The third-order valence-electron chi connectivity index (χ3n) is 3.73. The summed E-state index contributed by atoms with van der Waals surface area (Å²) >= 11 is 0. The summed E-state index contributed by atoms with van der Waals surface area (Å²) < 4.78 is 10.8. The molecule has 1 aliphatic heterocycles. The van der Waals surface area contributed by atoms with Crippen LogP contribution >= 0.6 is 0 Å². The van der Waals surface area contributed by atoms with Crippen molar-refractivity contribution in [2.24, 2.45) is 5.92 Å². The average Bonchev–Trinajstić information content (AvgIpc) is 3.20. The Hall–Kier alpha value is -1.27. The van der Waals surface area contributed by atoms with Crippen molar-refractivity contribution in [3.05, 3.63) is 11.7 Å². The molecule has 1 saturated heterocycles. The van der Waals surface area contributed by atoms with E-state index in [0.29, 0.717) is 18.3 Å². The molecule has 1 aliphatic carbocycles. The van der Waals surface area contributed by atoms with Gasteiger partial charge in [0.25, 0.3) is 0 Å². The fourth-order valence-electron chi connectivity index (χ4n) is 2.32. The van der Waals surface area contributed by atoms with Crippen molar-refractivity contribution in [1.29, 1.82) is 0 Å². The van der Waals surface area contributed by atoms with Gasteiger partial charge in [-0.15, -0.1) is 0 Å².